The third-order valence-electron chi connectivity index (χ3n) is 1.49. The van der Waals surface area contributed by atoms with Gasteiger partial charge in [0.05, 0.1) is 0 Å². The molecule has 2 heterocycles. The monoisotopic (exact) mass is 147 g/mol. The van der Waals surface area contributed by atoms with Crippen molar-refractivity contribution in [2.75, 3.05) is 0 Å². The summed E-state index contributed by atoms with van der Waals surface area (Å²) in [7, 11) is 0. The Morgan fingerprint density at radius 1 is 1.73 bits per heavy atom. The van der Waals surface area contributed by atoms with Gasteiger partial charge in [-0.2, -0.15) is 5.26 Å². The summed E-state index contributed by atoms with van der Waals surface area (Å²) >= 11 is 0. The van der Waals surface area contributed by atoms with Crippen molar-refractivity contribution in [2.45, 2.75) is 6.73 Å². The van der Waals surface area contributed by atoms with Crippen molar-refractivity contribution in [3.05, 3.63) is 24.5 Å². The van der Waals surface area contributed by atoms with Gasteiger partial charge in [-0.15, -0.1) is 0 Å². The number of ether oxygens (including phenoxy) is 1. The number of hydrogen-bond donors (Lipinski definition) is 0. The first-order valence-electron chi connectivity index (χ1n) is 3.15. The molecule has 0 aliphatic carbocycles. The molecule has 0 atom stereocenters. The number of rotatable bonds is 0. The zero-order valence-electron chi connectivity index (χ0n) is 5.69. The predicted molar refractivity (Wildman–Crippen MR) is 36.9 cm³/mol. The van der Waals surface area contributed by atoms with Crippen LogP contribution in [0.25, 0.3) is 5.57 Å². The molecule has 1 aromatic heterocycles. The Balaban J connectivity index is 2.55. The maximum Gasteiger partial charge on any atom is 0.165 e. The molecule has 1 aromatic rings. The van der Waals surface area contributed by atoms with Gasteiger partial charge in [0.25, 0.3) is 0 Å². The fraction of sp³-hybridized carbons (Fsp3) is 0.143. The minimum Gasteiger partial charge on any atom is -0.479 e. The molecule has 0 saturated heterocycles. The Bertz CT molecular complexity index is 345. The van der Waals surface area contributed by atoms with Crippen LogP contribution in [0.3, 0.4) is 0 Å². The van der Waals surface area contributed by atoms with Gasteiger partial charge in [0.15, 0.2) is 12.6 Å². The van der Waals surface area contributed by atoms with Gasteiger partial charge in [0, 0.05) is 12.4 Å². The first kappa shape index (κ1) is 5.98. The number of hydrogen-bond acceptors (Lipinski definition) is 3. The first-order valence-corrected chi connectivity index (χ1v) is 3.15. The van der Waals surface area contributed by atoms with Gasteiger partial charge in [-0.05, 0) is 0 Å². The molecule has 0 fully saturated rings. The number of imidazole rings is 1. The van der Waals surface area contributed by atoms with E-state index in [0.717, 1.165) is 0 Å². The molecular weight excluding hydrogens is 142 g/mol. The van der Waals surface area contributed by atoms with Crippen LogP contribution in [0.2, 0.25) is 0 Å². The second kappa shape index (κ2) is 2.13. The SMILES string of the molecule is N#CC1=COCn2ccnc21. The molecule has 0 saturated carbocycles. The third-order valence-corrected chi connectivity index (χ3v) is 1.49. The van der Waals surface area contributed by atoms with Crippen LogP contribution in [0.4, 0.5) is 0 Å². The Labute approximate surface area is 63.3 Å². The maximum absolute atomic E-state index is 8.60. The van der Waals surface area contributed by atoms with E-state index >= 15 is 0 Å². The topological polar surface area (TPSA) is 50.8 Å². The summed E-state index contributed by atoms with van der Waals surface area (Å²) in [6, 6.07) is 2.00. The molecule has 1 aliphatic rings. The zero-order chi connectivity index (χ0) is 7.68. The highest BCUT2D eigenvalue weighted by molar-refractivity contribution is 5.72. The van der Waals surface area contributed by atoms with Crippen LogP contribution in [0.1, 0.15) is 5.82 Å². The van der Waals surface area contributed by atoms with Crippen molar-refractivity contribution >= 4 is 5.57 Å². The van der Waals surface area contributed by atoms with Gasteiger partial charge in [-0.25, -0.2) is 4.98 Å². The van der Waals surface area contributed by atoms with Gasteiger partial charge in [0.1, 0.15) is 17.9 Å². The van der Waals surface area contributed by atoms with E-state index in [9.17, 15) is 0 Å². The van der Waals surface area contributed by atoms with E-state index in [2.05, 4.69) is 4.98 Å². The van der Waals surface area contributed by atoms with E-state index in [-0.39, 0.29) is 0 Å². The van der Waals surface area contributed by atoms with E-state index in [1.807, 2.05) is 6.07 Å². The average molecular weight is 147 g/mol. The van der Waals surface area contributed by atoms with Crippen LogP contribution >= 0.6 is 0 Å². The van der Waals surface area contributed by atoms with E-state index in [4.69, 9.17) is 10.00 Å². The molecule has 0 N–H and O–H groups in total. The van der Waals surface area contributed by atoms with E-state index in [1.165, 1.54) is 6.26 Å². The highest BCUT2D eigenvalue weighted by Gasteiger charge is 2.12. The van der Waals surface area contributed by atoms with Crippen molar-refractivity contribution in [3.63, 3.8) is 0 Å². The lowest BCUT2D eigenvalue weighted by Gasteiger charge is -2.11. The van der Waals surface area contributed by atoms with Crippen LogP contribution in [-0.2, 0) is 11.5 Å². The Morgan fingerprint density at radius 3 is 3.45 bits per heavy atom. The second-order valence-corrected chi connectivity index (χ2v) is 2.16. The number of aromatic nitrogens is 2. The smallest absolute Gasteiger partial charge is 0.165 e. The molecule has 0 unspecified atom stereocenters. The molecule has 54 valence electrons. The van der Waals surface area contributed by atoms with E-state index in [0.29, 0.717) is 18.1 Å². The number of nitriles is 1. The minimum atomic E-state index is 0.445. The molecule has 0 aromatic carbocycles. The van der Waals surface area contributed by atoms with Crippen LogP contribution in [0.15, 0.2) is 18.7 Å². The average Bonchev–Trinajstić information content (AvgIpc) is 2.50. The number of fused-ring (bicyclic) bond motifs is 1. The van der Waals surface area contributed by atoms with Crippen molar-refractivity contribution in [1.82, 2.24) is 9.55 Å². The van der Waals surface area contributed by atoms with E-state index in [1.54, 1.807) is 17.0 Å². The highest BCUT2D eigenvalue weighted by Crippen LogP contribution is 2.15. The van der Waals surface area contributed by atoms with Gasteiger partial charge < -0.3 is 4.74 Å². The largest absolute Gasteiger partial charge is 0.479 e. The summed E-state index contributed by atoms with van der Waals surface area (Å²) in [6.07, 6.45) is 4.86. The van der Waals surface area contributed by atoms with Crippen molar-refractivity contribution in [2.24, 2.45) is 0 Å². The molecule has 4 heteroatoms. The summed E-state index contributed by atoms with van der Waals surface area (Å²) < 4.78 is 6.77. The normalized spacial score (nSPS) is 14.3. The van der Waals surface area contributed by atoms with Gasteiger partial charge in [0.2, 0.25) is 0 Å². The first-order chi connectivity index (χ1) is 5.42. The third kappa shape index (κ3) is 0.783. The van der Waals surface area contributed by atoms with Crippen LogP contribution in [0, 0.1) is 11.3 Å². The fourth-order valence-corrected chi connectivity index (χ4v) is 0.988. The Morgan fingerprint density at radius 2 is 2.64 bits per heavy atom. The van der Waals surface area contributed by atoms with Crippen molar-refractivity contribution in [1.29, 1.82) is 5.26 Å². The molecule has 11 heavy (non-hydrogen) atoms. The number of allylic oxidation sites excluding steroid dienone is 1. The predicted octanol–water partition coefficient (Wildman–Crippen LogP) is 0.735. The van der Waals surface area contributed by atoms with Gasteiger partial charge in [-0.3, -0.25) is 4.57 Å². The molecule has 0 radical (unpaired) electrons. The molecule has 0 spiro atoms. The van der Waals surface area contributed by atoms with Crippen LogP contribution in [-0.4, -0.2) is 9.55 Å². The van der Waals surface area contributed by atoms with E-state index < -0.39 is 0 Å². The van der Waals surface area contributed by atoms with Gasteiger partial charge in [-0.1, -0.05) is 0 Å². The van der Waals surface area contributed by atoms with Crippen molar-refractivity contribution < 1.29 is 4.74 Å². The second-order valence-electron chi connectivity index (χ2n) is 2.16. The molecule has 2 rings (SSSR count). The highest BCUT2D eigenvalue weighted by atomic mass is 16.5. The Kier molecular flexibility index (Phi) is 1.16. The summed E-state index contributed by atoms with van der Waals surface area (Å²) in [5.41, 5.74) is 0.473. The summed E-state index contributed by atoms with van der Waals surface area (Å²) in [4.78, 5) is 4.00. The molecule has 4 nitrogen and oxygen atoms in total. The molecule has 0 amide bonds. The summed E-state index contributed by atoms with van der Waals surface area (Å²) in [5, 5.41) is 8.60. The molecule has 1 aliphatic heterocycles. The maximum atomic E-state index is 8.60. The van der Waals surface area contributed by atoms with Gasteiger partial charge >= 0.3 is 0 Å². The zero-order valence-corrected chi connectivity index (χ0v) is 5.69. The quantitative estimate of drug-likeness (QED) is 0.543. The molecule has 0 bridgehead atoms. The lowest BCUT2D eigenvalue weighted by atomic mass is 10.3. The lowest BCUT2D eigenvalue weighted by Crippen LogP contribution is -2.08. The number of nitrogens with zero attached hydrogens (tertiary/aromatic N) is 3. The standard InChI is InChI=1S/C7H5N3O/c8-3-6-4-11-5-10-2-1-9-7(6)10/h1-2,4H,5H2. The molecular formula is C7H5N3O. The van der Waals surface area contributed by atoms with Crippen molar-refractivity contribution in [3.8, 4) is 6.07 Å². The fourth-order valence-electron chi connectivity index (χ4n) is 0.988. The summed E-state index contributed by atoms with van der Waals surface area (Å²) in [5.74, 6) is 0.679. The minimum absolute atomic E-state index is 0.445. The lowest BCUT2D eigenvalue weighted by molar-refractivity contribution is 0.168. The van der Waals surface area contributed by atoms with Crippen LogP contribution < -0.4 is 0 Å². The Hall–Kier alpha value is -1.76. The van der Waals surface area contributed by atoms with Crippen LogP contribution in [0.5, 0.6) is 0 Å². The summed E-state index contributed by atoms with van der Waals surface area (Å²) in [6.45, 7) is 0.445.